The van der Waals surface area contributed by atoms with Crippen molar-refractivity contribution in [3.05, 3.63) is 24.0 Å². The Bertz CT molecular complexity index is 973. The summed E-state index contributed by atoms with van der Waals surface area (Å²) in [5, 5.41) is 0. The molecule has 3 aliphatic rings. The Morgan fingerprint density at radius 1 is 1.15 bits per heavy atom. The summed E-state index contributed by atoms with van der Waals surface area (Å²) in [6.45, 7) is 6.51. The van der Waals surface area contributed by atoms with Crippen LogP contribution in [0.1, 0.15) is 25.7 Å². The number of benzene rings is 1. The Morgan fingerprint density at radius 2 is 1.85 bits per heavy atom. The van der Waals surface area contributed by atoms with Gasteiger partial charge >= 0.3 is 6.18 Å². The van der Waals surface area contributed by atoms with E-state index in [1.165, 1.54) is 6.07 Å². The average molecular weight is 483 g/mol. The Hall–Kier alpha value is -2.05. The summed E-state index contributed by atoms with van der Waals surface area (Å²) in [7, 11) is -1.43. The van der Waals surface area contributed by atoms with Crippen LogP contribution < -0.4 is 9.80 Å². The molecule has 0 radical (unpaired) electrons. The van der Waals surface area contributed by atoms with Gasteiger partial charge in [0.25, 0.3) is 11.4 Å². The number of fused-ring (bicyclic) bond motifs is 1. The number of hydrogen-bond donors (Lipinski definition) is 0. The van der Waals surface area contributed by atoms with E-state index < -0.39 is 31.5 Å². The van der Waals surface area contributed by atoms with Gasteiger partial charge in [-0.3, -0.25) is 9.69 Å². The van der Waals surface area contributed by atoms with Crippen LogP contribution in [0.2, 0.25) is 25.7 Å². The highest BCUT2D eigenvalue weighted by Crippen LogP contribution is 2.49. The van der Waals surface area contributed by atoms with Crippen molar-refractivity contribution in [2.45, 2.75) is 63.1 Å². The van der Waals surface area contributed by atoms with Crippen LogP contribution in [0.15, 0.2) is 18.2 Å². The van der Waals surface area contributed by atoms with E-state index in [1.807, 2.05) is 0 Å². The summed E-state index contributed by atoms with van der Waals surface area (Å²) in [5.41, 5.74) is -2.79. The first kappa shape index (κ1) is 24.1. The Kier molecular flexibility index (Phi) is 6.29. The van der Waals surface area contributed by atoms with Crippen LogP contribution in [0.3, 0.4) is 0 Å². The SMILES string of the molecule is C[Si](C)(C)CCOCN1C(=O)C(C#CC2CC2)(C(F)(F)F)N(CC2CC2)c2cc(F)ccc21. The summed E-state index contributed by atoms with van der Waals surface area (Å²) >= 11 is 0. The zero-order valence-corrected chi connectivity index (χ0v) is 20.3. The lowest BCUT2D eigenvalue weighted by Gasteiger charge is -2.48. The maximum atomic E-state index is 14.8. The van der Waals surface area contributed by atoms with Crippen LogP contribution >= 0.6 is 0 Å². The van der Waals surface area contributed by atoms with Gasteiger partial charge in [0.15, 0.2) is 0 Å². The molecule has 9 heteroatoms. The van der Waals surface area contributed by atoms with Gasteiger partial charge in [0, 0.05) is 27.1 Å². The van der Waals surface area contributed by atoms with Crippen molar-refractivity contribution in [1.29, 1.82) is 0 Å². The quantitative estimate of drug-likeness (QED) is 0.225. The van der Waals surface area contributed by atoms with Crippen LogP contribution in [0, 0.1) is 29.5 Å². The van der Waals surface area contributed by atoms with Crippen LogP contribution in [0.4, 0.5) is 28.9 Å². The largest absolute Gasteiger partial charge is 0.432 e. The lowest BCUT2D eigenvalue weighted by Crippen LogP contribution is -2.70. The van der Waals surface area contributed by atoms with Gasteiger partial charge in [-0.15, -0.1) is 0 Å². The Balaban J connectivity index is 1.78. The monoisotopic (exact) mass is 482 g/mol. The summed E-state index contributed by atoms with van der Waals surface area (Å²) in [4.78, 5) is 15.7. The van der Waals surface area contributed by atoms with Crippen molar-refractivity contribution in [2.75, 3.05) is 29.7 Å². The van der Waals surface area contributed by atoms with Gasteiger partial charge in [0.1, 0.15) is 12.5 Å². The number of nitrogens with zero attached hydrogens (tertiary/aromatic N) is 2. The molecule has 1 aliphatic heterocycles. The molecular formula is C24H30F4N2O2Si. The number of carbonyl (C=O) groups excluding carboxylic acids is 1. The molecule has 2 fully saturated rings. The predicted octanol–water partition coefficient (Wildman–Crippen LogP) is 5.42. The minimum Gasteiger partial charge on any atom is -0.361 e. The molecule has 1 unspecified atom stereocenters. The van der Waals surface area contributed by atoms with E-state index in [2.05, 4.69) is 31.5 Å². The number of rotatable bonds is 7. The van der Waals surface area contributed by atoms with E-state index in [-0.39, 0.29) is 36.5 Å². The van der Waals surface area contributed by atoms with E-state index in [9.17, 15) is 22.4 Å². The number of carbonyl (C=O) groups is 1. The molecule has 2 aliphatic carbocycles. The molecule has 0 spiro atoms. The molecule has 1 amide bonds. The number of halogens is 4. The predicted molar refractivity (Wildman–Crippen MR) is 122 cm³/mol. The average Bonchev–Trinajstić information content (AvgIpc) is 3.60. The smallest absolute Gasteiger partial charge is 0.361 e. The third kappa shape index (κ3) is 5.07. The molecule has 0 N–H and O–H groups in total. The van der Waals surface area contributed by atoms with Crippen LogP contribution in [-0.4, -0.2) is 45.6 Å². The van der Waals surface area contributed by atoms with Crippen LogP contribution in [0.5, 0.6) is 0 Å². The molecule has 1 aromatic rings. The van der Waals surface area contributed by atoms with Gasteiger partial charge in [-0.2, -0.15) is 13.2 Å². The van der Waals surface area contributed by atoms with Crippen molar-refractivity contribution in [3.63, 3.8) is 0 Å². The van der Waals surface area contributed by atoms with Crippen molar-refractivity contribution >= 4 is 25.4 Å². The maximum absolute atomic E-state index is 14.8. The molecule has 0 bridgehead atoms. The van der Waals surface area contributed by atoms with Gasteiger partial charge < -0.3 is 9.64 Å². The molecule has 4 nitrogen and oxygen atoms in total. The second-order valence-electron chi connectivity index (χ2n) is 10.5. The van der Waals surface area contributed by atoms with Crippen molar-refractivity contribution in [3.8, 4) is 11.8 Å². The minimum absolute atomic E-state index is 0.00533. The van der Waals surface area contributed by atoms with Gasteiger partial charge in [-0.25, -0.2) is 4.39 Å². The third-order valence-corrected chi connectivity index (χ3v) is 7.98. The molecule has 1 heterocycles. The Morgan fingerprint density at radius 3 is 2.42 bits per heavy atom. The number of ether oxygens (including phenoxy) is 1. The molecule has 0 saturated heterocycles. The van der Waals surface area contributed by atoms with Crippen LogP contribution in [-0.2, 0) is 9.53 Å². The second kappa shape index (κ2) is 8.62. The molecular weight excluding hydrogens is 452 g/mol. The number of amides is 1. The lowest BCUT2D eigenvalue weighted by molar-refractivity contribution is -0.179. The maximum Gasteiger partial charge on any atom is 0.432 e. The molecule has 0 aromatic heterocycles. The molecule has 33 heavy (non-hydrogen) atoms. The number of alkyl halides is 3. The van der Waals surface area contributed by atoms with Gasteiger partial charge in [-0.05, 0) is 55.8 Å². The number of anilines is 2. The van der Waals surface area contributed by atoms with Gasteiger partial charge in [-0.1, -0.05) is 31.5 Å². The van der Waals surface area contributed by atoms with E-state index in [4.69, 9.17) is 4.74 Å². The summed E-state index contributed by atoms with van der Waals surface area (Å²) in [5.74, 6) is 3.12. The first-order valence-corrected chi connectivity index (χ1v) is 15.2. The molecule has 4 rings (SSSR count). The van der Waals surface area contributed by atoms with Gasteiger partial charge in [0.2, 0.25) is 0 Å². The summed E-state index contributed by atoms with van der Waals surface area (Å²) < 4.78 is 64.5. The van der Waals surface area contributed by atoms with Crippen LogP contribution in [0.25, 0.3) is 0 Å². The fourth-order valence-corrected chi connectivity index (χ4v) is 4.66. The van der Waals surface area contributed by atoms with E-state index in [1.54, 1.807) is 0 Å². The summed E-state index contributed by atoms with van der Waals surface area (Å²) in [6, 6.07) is 4.41. The van der Waals surface area contributed by atoms with E-state index in [0.29, 0.717) is 6.61 Å². The minimum atomic E-state index is -4.97. The van der Waals surface area contributed by atoms with Gasteiger partial charge in [0.05, 0.1) is 11.4 Å². The Labute approximate surface area is 193 Å². The van der Waals surface area contributed by atoms with Crippen molar-refractivity contribution in [2.24, 2.45) is 11.8 Å². The first-order valence-electron chi connectivity index (χ1n) is 11.5. The third-order valence-electron chi connectivity index (χ3n) is 6.28. The molecule has 2 saturated carbocycles. The first-order chi connectivity index (χ1) is 15.4. The lowest BCUT2D eigenvalue weighted by atomic mass is 9.89. The normalized spacial score (nSPS) is 23.3. The van der Waals surface area contributed by atoms with Crippen molar-refractivity contribution < 1.29 is 27.1 Å². The fraction of sp³-hybridized carbons (Fsp3) is 0.625. The summed E-state index contributed by atoms with van der Waals surface area (Å²) in [6.07, 6.45) is -1.95. The standard InChI is InChI=1S/C24H30F4N2O2Si/c1-33(2,3)13-12-32-16-29-20-9-8-19(25)14-21(20)30(15-18-6-7-18)23(22(29)31,24(26,27)28)11-10-17-4-5-17/h8-9,14,17-18H,4-7,12-13,15-16H2,1-3H3. The molecule has 180 valence electrons. The second-order valence-corrected chi connectivity index (χ2v) is 16.1. The number of hydrogen-bond acceptors (Lipinski definition) is 3. The van der Waals surface area contributed by atoms with E-state index in [0.717, 1.165) is 53.7 Å². The van der Waals surface area contributed by atoms with Crippen molar-refractivity contribution in [1.82, 2.24) is 0 Å². The zero-order valence-electron chi connectivity index (χ0n) is 19.3. The highest BCUT2D eigenvalue weighted by atomic mass is 28.3. The molecule has 1 atom stereocenters. The fourth-order valence-electron chi connectivity index (χ4n) is 3.90. The topological polar surface area (TPSA) is 32.8 Å². The zero-order chi connectivity index (χ0) is 24.0. The van der Waals surface area contributed by atoms with E-state index >= 15 is 0 Å². The molecule has 1 aromatic carbocycles. The highest BCUT2D eigenvalue weighted by molar-refractivity contribution is 6.76. The highest BCUT2D eigenvalue weighted by Gasteiger charge is 2.68.